The number of nitrogens with one attached hydrogen (secondary N) is 1. The maximum atomic E-state index is 5.75. The fraction of sp³-hybridized carbons (Fsp3) is 0.368. The van der Waals surface area contributed by atoms with Crippen LogP contribution in [0.15, 0.2) is 30.3 Å². The summed E-state index contributed by atoms with van der Waals surface area (Å²) in [7, 11) is 0. The van der Waals surface area contributed by atoms with Crippen molar-refractivity contribution < 1.29 is 9.47 Å². The molecule has 2 aromatic carbocycles. The average Bonchev–Trinajstić information content (AvgIpc) is 2.52. The van der Waals surface area contributed by atoms with Crippen LogP contribution in [0.5, 0.6) is 11.5 Å². The van der Waals surface area contributed by atoms with Crippen LogP contribution in [0.1, 0.15) is 30.5 Å². The second kappa shape index (κ2) is 8.43. The smallest absolute Gasteiger partial charge is 0.174 e. The summed E-state index contributed by atoms with van der Waals surface area (Å²) in [5.74, 6) is 1.66. The fourth-order valence-electron chi connectivity index (χ4n) is 2.41. The summed E-state index contributed by atoms with van der Waals surface area (Å²) in [5.41, 5.74) is 4.94. The molecular formula is C19H24INO2. The molecule has 4 heteroatoms. The number of benzene rings is 2. The summed E-state index contributed by atoms with van der Waals surface area (Å²) in [6.45, 7) is 10.3. The van der Waals surface area contributed by atoms with E-state index in [9.17, 15) is 0 Å². The standard InChI is InChI=1S/C19H24INO2/c1-5-22-18-11-15(10-16(20)19(18)23-6-2)12-21-17-9-7-8-13(3)14(17)4/h7-11,21H,5-6,12H2,1-4H3. The molecule has 2 rings (SSSR count). The lowest BCUT2D eigenvalue weighted by atomic mass is 10.1. The molecule has 3 nitrogen and oxygen atoms in total. The Morgan fingerprint density at radius 3 is 2.48 bits per heavy atom. The Balaban J connectivity index is 2.21. The van der Waals surface area contributed by atoms with Gasteiger partial charge in [0.25, 0.3) is 0 Å². The third-order valence-corrected chi connectivity index (χ3v) is 4.55. The molecule has 0 saturated heterocycles. The summed E-state index contributed by atoms with van der Waals surface area (Å²) >= 11 is 2.31. The highest BCUT2D eigenvalue weighted by Crippen LogP contribution is 2.34. The van der Waals surface area contributed by atoms with Crippen LogP contribution in [0, 0.1) is 17.4 Å². The van der Waals surface area contributed by atoms with Crippen LogP contribution in [-0.4, -0.2) is 13.2 Å². The Bertz CT molecular complexity index is 671. The van der Waals surface area contributed by atoms with Gasteiger partial charge in [0, 0.05) is 12.2 Å². The van der Waals surface area contributed by atoms with E-state index in [1.54, 1.807) is 0 Å². The molecule has 1 N–H and O–H groups in total. The monoisotopic (exact) mass is 425 g/mol. The largest absolute Gasteiger partial charge is 0.490 e. The van der Waals surface area contributed by atoms with Gasteiger partial charge in [-0.05, 0) is 85.2 Å². The Hall–Kier alpha value is -1.43. The topological polar surface area (TPSA) is 30.5 Å². The minimum atomic E-state index is 0.629. The van der Waals surface area contributed by atoms with Gasteiger partial charge in [-0.2, -0.15) is 0 Å². The predicted octanol–water partition coefficient (Wildman–Crippen LogP) is 5.32. The first-order valence-electron chi connectivity index (χ1n) is 7.94. The van der Waals surface area contributed by atoms with Gasteiger partial charge in [0.05, 0.1) is 16.8 Å². The van der Waals surface area contributed by atoms with Crippen LogP contribution in [0.4, 0.5) is 5.69 Å². The average molecular weight is 425 g/mol. The molecule has 0 aliphatic rings. The van der Waals surface area contributed by atoms with Gasteiger partial charge in [-0.1, -0.05) is 12.1 Å². The third-order valence-electron chi connectivity index (χ3n) is 3.75. The molecule has 2 aromatic rings. The van der Waals surface area contributed by atoms with Crippen LogP contribution < -0.4 is 14.8 Å². The molecule has 0 spiro atoms. The quantitative estimate of drug-likeness (QED) is 0.610. The van der Waals surface area contributed by atoms with Gasteiger partial charge in [-0.15, -0.1) is 0 Å². The number of aryl methyl sites for hydroxylation is 1. The van der Waals surface area contributed by atoms with Crippen molar-refractivity contribution in [1.82, 2.24) is 0 Å². The van der Waals surface area contributed by atoms with Crippen molar-refractivity contribution in [2.75, 3.05) is 18.5 Å². The van der Waals surface area contributed by atoms with Crippen molar-refractivity contribution in [3.05, 3.63) is 50.6 Å². The summed E-state index contributed by atoms with van der Waals surface area (Å²) < 4.78 is 12.5. The van der Waals surface area contributed by atoms with Gasteiger partial charge in [0.2, 0.25) is 0 Å². The molecule has 0 radical (unpaired) electrons. The molecule has 0 atom stereocenters. The highest BCUT2D eigenvalue weighted by molar-refractivity contribution is 14.1. The van der Waals surface area contributed by atoms with Gasteiger partial charge in [0.1, 0.15) is 0 Å². The lowest BCUT2D eigenvalue weighted by molar-refractivity contribution is 0.286. The Morgan fingerprint density at radius 2 is 1.78 bits per heavy atom. The number of halogens is 1. The normalized spacial score (nSPS) is 10.5. The van der Waals surface area contributed by atoms with Gasteiger partial charge in [-0.3, -0.25) is 0 Å². The van der Waals surface area contributed by atoms with E-state index in [4.69, 9.17) is 9.47 Å². The molecule has 0 aliphatic heterocycles. The SMILES string of the molecule is CCOc1cc(CNc2cccc(C)c2C)cc(I)c1OCC. The third kappa shape index (κ3) is 4.53. The summed E-state index contributed by atoms with van der Waals surface area (Å²) in [5, 5.41) is 3.52. The van der Waals surface area contributed by atoms with Crippen molar-refractivity contribution in [3.63, 3.8) is 0 Å². The van der Waals surface area contributed by atoms with Crippen molar-refractivity contribution in [2.45, 2.75) is 34.2 Å². The van der Waals surface area contributed by atoms with Crippen molar-refractivity contribution in [2.24, 2.45) is 0 Å². The molecular weight excluding hydrogens is 401 g/mol. The highest BCUT2D eigenvalue weighted by Gasteiger charge is 2.12. The minimum absolute atomic E-state index is 0.629. The Morgan fingerprint density at radius 1 is 1.04 bits per heavy atom. The molecule has 0 saturated carbocycles. The number of hydrogen-bond acceptors (Lipinski definition) is 3. The van der Waals surface area contributed by atoms with Crippen LogP contribution in [0.25, 0.3) is 0 Å². The first-order valence-corrected chi connectivity index (χ1v) is 9.02. The molecule has 0 bridgehead atoms. The maximum Gasteiger partial charge on any atom is 0.174 e. The number of rotatable bonds is 7. The van der Waals surface area contributed by atoms with Crippen LogP contribution >= 0.6 is 22.6 Å². The number of ether oxygens (including phenoxy) is 2. The molecule has 0 amide bonds. The van der Waals surface area contributed by atoms with E-state index in [0.717, 1.165) is 21.6 Å². The lowest BCUT2D eigenvalue weighted by Gasteiger charge is -2.16. The van der Waals surface area contributed by atoms with E-state index in [1.807, 2.05) is 13.8 Å². The Kier molecular flexibility index (Phi) is 6.57. The van der Waals surface area contributed by atoms with E-state index in [0.29, 0.717) is 13.2 Å². The first-order chi connectivity index (χ1) is 11.1. The number of anilines is 1. The van der Waals surface area contributed by atoms with Gasteiger partial charge >= 0.3 is 0 Å². The maximum absolute atomic E-state index is 5.75. The van der Waals surface area contributed by atoms with Crippen LogP contribution in [0.2, 0.25) is 0 Å². The second-order valence-electron chi connectivity index (χ2n) is 5.37. The van der Waals surface area contributed by atoms with Gasteiger partial charge in [-0.25, -0.2) is 0 Å². The Labute approximate surface area is 152 Å². The van der Waals surface area contributed by atoms with Crippen molar-refractivity contribution >= 4 is 28.3 Å². The molecule has 0 fully saturated rings. The van der Waals surface area contributed by atoms with Gasteiger partial charge < -0.3 is 14.8 Å². The van der Waals surface area contributed by atoms with Crippen LogP contribution in [0.3, 0.4) is 0 Å². The molecule has 0 aliphatic carbocycles. The first kappa shape index (κ1) is 17.9. The molecule has 23 heavy (non-hydrogen) atoms. The second-order valence-corrected chi connectivity index (χ2v) is 6.53. The predicted molar refractivity (Wildman–Crippen MR) is 105 cm³/mol. The van der Waals surface area contributed by atoms with E-state index < -0.39 is 0 Å². The molecule has 124 valence electrons. The van der Waals surface area contributed by atoms with E-state index in [-0.39, 0.29) is 0 Å². The summed E-state index contributed by atoms with van der Waals surface area (Å²) in [6, 6.07) is 10.5. The highest BCUT2D eigenvalue weighted by atomic mass is 127. The van der Waals surface area contributed by atoms with Crippen LogP contribution in [-0.2, 0) is 6.54 Å². The molecule has 0 aromatic heterocycles. The van der Waals surface area contributed by atoms with E-state index >= 15 is 0 Å². The fourth-order valence-corrected chi connectivity index (χ4v) is 3.23. The number of hydrogen-bond donors (Lipinski definition) is 1. The van der Waals surface area contributed by atoms with E-state index in [1.165, 1.54) is 22.4 Å². The van der Waals surface area contributed by atoms with Crippen molar-refractivity contribution in [1.29, 1.82) is 0 Å². The van der Waals surface area contributed by atoms with Crippen molar-refractivity contribution in [3.8, 4) is 11.5 Å². The minimum Gasteiger partial charge on any atom is -0.490 e. The zero-order chi connectivity index (χ0) is 16.8. The van der Waals surface area contributed by atoms with E-state index in [2.05, 4.69) is 72.1 Å². The van der Waals surface area contributed by atoms with Gasteiger partial charge in [0.15, 0.2) is 11.5 Å². The zero-order valence-electron chi connectivity index (χ0n) is 14.2. The molecule has 0 heterocycles. The lowest BCUT2D eigenvalue weighted by Crippen LogP contribution is -2.05. The summed E-state index contributed by atoms with van der Waals surface area (Å²) in [4.78, 5) is 0. The molecule has 0 unspecified atom stereocenters. The summed E-state index contributed by atoms with van der Waals surface area (Å²) in [6.07, 6.45) is 0. The zero-order valence-corrected chi connectivity index (χ0v) is 16.4.